The highest BCUT2D eigenvalue weighted by molar-refractivity contribution is 6.39. The number of aliphatic hydroxyl groups is 2. The molecule has 2 aliphatic heterocycles. The molecule has 4 aromatic carbocycles. The molecule has 6 rings (SSSR count). The fraction of sp³-hybridized carbons (Fsp3) is 0.250. The quantitative estimate of drug-likeness (QED) is 0.0624. The zero-order valence-electron chi connectivity index (χ0n) is 29.8. The molecule has 13 nitrogen and oxygen atoms in total. The summed E-state index contributed by atoms with van der Waals surface area (Å²) in [5.41, 5.74) is 5.38. The fourth-order valence-electron chi connectivity index (χ4n) is 6.51. The van der Waals surface area contributed by atoms with Crippen molar-refractivity contribution in [1.82, 2.24) is 10.6 Å². The molecule has 0 bridgehead atoms. The number of anilines is 2. The topological polar surface area (TPSA) is 178 Å². The predicted octanol–water partition coefficient (Wildman–Crippen LogP) is 5.45. The number of nitrogens with zero attached hydrogens (tertiary/aromatic N) is 2. The monoisotopic (exact) mass is 788 g/mol. The third-order valence-electron chi connectivity index (χ3n) is 9.32. The Hall–Kier alpha value is -5.60. The zero-order valence-corrected chi connectivity index (χ0v) is 31.4. The minimum absolute atomic E-state index is 0.0480. The van der Waals surface area contributed by atoms with Crippen LogP contribution in [0.5, 0.6) is 11.5 Å². The van der Waals surface area contributed by atoms with E-state index in [1.807, 2.05) is 54.6 Å². The maximum Gasteiger partial charge on any atom is 0.323 e. The van der Waals surface area contributed by atoms with Crippen LogP contribution in [0.2, 0.25) is 10.0 Å². The number of benzene rings is 4. The first kappa shape index (κ1) is 39.1. The summed E-state index contributed by atoms with van der Waals surface area (Å²) in [4.78, 5) is 51.3. The minimum Gasteiger partial charge on any atom is -0.510 e. The Morgan fingerprint density at radius 2 is 1.27 bits per heavy atom. The molecule has 0 radical (unpaired) electrons. The smallest absolute Gasteiger partial charge is 0.323 e. The molecule has 0 fully saturated rings. The first-order chi connectivity index (χ1) is 26.4. The van der Waals surface area contributed by atoms with Crippen LogP contribution in [-0.4, -0.2) is 90.9 Å². The van der Waals surface area contributed by atoms with Crippen LogP contribution in [0.25, 0.3) is 33.4 Å². The van der Waals surface area contributed by atoms with Gasteiger partial charge in [0.1, 0.15) is 29.0 Å². The minimum atomic E-state index is -1.19. The summed E-state index contributed by atoms with van der Waals surface area (Å²) in [7, 11) is 0. The summed E-state index contributed by atoms with van der Waals surface area (Å²) in [6, 6.07) is 20.8. The number of hydrogen-bond acceptors (Lipinski definition) is 10. The van der Waals surface area contributed by atoms with Crippen LogP contribution < -0.4 is 29.9 Å². The number of hydrogen-bond donors (Lipinski definition) is 5. The number of aliphatic carboxylic acids is 1. The lowest BCUT2D eigenvalue weighted by Gasteiger charge is -2.30. The average molecular weight is 790 g/mol. The van der Waals surface area contributed by atoms with E-state index in [2.05, 4.69) is 10.6 Å². The fourth-order valence-corrected chi connectivity index (χ4v) is 7.19. The van der Waals surface area contributed by atoms with Crippen LogP contribution >= 0.6 is 23.2 Å². The van der Waals surface area contributed by atoms with Gasteiger partial charge in [0.05, 0.1) is 27.5 Å². The number of allylic oxidation sites excluding steroid dienone is 2. The van der Waals surface area contributed by atoms with Gasteiger partial charge in [-0.1, -0.05) is 71.7 Å². The van der Waals surface area contributed by atoms with Gasteiger partial charge in [0.25, 0.3) is 11.8 Å². The molecule has 0 spiro atoms. The first-order valence-electron chi connectivity index (χ1n) is 17.3. The van der Waals surface area contributed by atoms with Gasteiger partial charge in [-0.25, -0.2) is 0 Å². The Labute approximate surface area is 326 Å². The van der Waals surface area contributed by atoms with Gasteiger partial charge in [-0.05, 0) is 49.2 Å². The van der Waals surface area contributed by atoms with Crippen LogP contribution in [0.15, 0.2) is 84.3 Å². The molecule has 2 amide bonds. The van der Waals surface area contributed by atoms with Crippen LogP contribution in [-0.2, 0) is 19.2 Å². The Balaban J connectivity index is 1.24. The number of ether oxygens (including phenoxy) is 2. The van der Waals surface area contributed by atoms with Crippen molar-refractivity contribution in [3.8, 4) is 44.9 Å². The number of carboxylic acids is 1. The second-order valence-electron chi connectivity index (χ2n) is 12.9. The molecule has 2 heterocycles. The van der Waals surface area contributed by atoms with Crippen LogP contribution in [0.3, 0.4) is 0 Å². The number of carbonyl (C=O) groups is 4. The van der Waals surface area contributed by atoms with Gasteiger partial charge >= 0.3 is 5.97 Å². The number of fused-ring (bicyclic) bond motifs is 2. The van der Waals surface area contributed by atoms with Crippen LogP contribution in [0.1, 0.15) is 13.8 Å². The number of aliphatic hydroxyl groups excluding tert-OH is 2. The van der Waals surface area contributed by atoms with Crippen molar-refractivity contribution < 1.29 is 44.0 Å². The maximum absolute atomic E-state index is 12.8. The number of rotatable bonds is 14. The lowest BCUT2D eigenvalue weighted by molar-refractivity contribution is -0.142. The summed E-state index contributed by atoms with van der Waals surface area (Å²) in [5, 5.41) is 35.3. The number of halogens is 2. The van der Waals surface area contributed by atoms with Crippen LogP contribution in [0, 0.1) is 0 Å². The van der Waals surface area contributed by atoms with Crippen molar-refractivity contribution in [2.45, 2.75) is 26.0 Å². The van der Waals surface area contributed by atoms with Crippen molar-refractivity contribution in [3.05, 3.63) is 94.3 Å². The SMILES string of the molecule is C/C(O)=C(/C=O)NCCN1C(=O)COc2cc(-c3cccc(-c4cccc(-c5ccc6c(c5)OCC(=O)N6CCNC(C(=O)O)C(C)O)c4Cl)c3Cl)ccc21. The molecule has 2 unspecified atom stereocenters. The largest absolute Gasteiger partial charge is 0.510 e. The Morgan fingerprint density at radius 1 is 0.800 bits per heavy atom. The first-order valence-corrected chi connectivity index (χ1v) is 18.1. The normalized spacial score (nSPS) is 15.2. The molecule has 55 heavy (non-hydrogen) atoms. The van der Waals surface area contributed by atoms with Crippen molar-refractivity contribution in [1.29, 1.82) is 0 Å². The molecule has 0 aliphatic carbocycles. The Morgan fingerprint density at radius 3 is 1.71 bits per heavy atom. The molecule has 286 valence electrons. The van der Waals surface area contributed by atoms with Gasteiger partial charge in [0.15, 0.2) is 19.5 Å². The second-order valence-corrected chi connectivity index (χ2v) is 13.7. The summed E-state index contributed by atoms with van der Waals surface area (Å²) >= 11 is 14.2. The molecule has 4 aromatic rings. The highest BCUT2D eigenvalue weighted by Crippen LogP contribution is 2.45. The number of amides is 2. The average Bonchev–Trinajstić information content (AvgIpc) is 3.16. The van der Waals surface area contributed by atoms with Gasteiger partial charge < -0.3 is 45.2 Å². The van der Waals surface area contributed by atoms with Gasteiger partial charge in [-0.2, -0.15) is 0 Å². The number of carboxylic acid groups (broad SMARTS) is 1. The van der Waals surface area contributed by atoms with E-state index < -0.39 is 18.1 Å². The molecule has 0 saturated heterocycles. The zero-order chi connectivity index (χ0) is 39.4. The molecule has 2 aliphatic rings. The van der Waals surface area contributed by atoms with E-state index in [9.17, 15) is 34.5 Å². The van der Waals surface area contributed by atoms with E-state index in [0.29, 0.717) is 61.5 Å². The lowest BCUT2D eigenvalue weighted by atomic mass is 9.95. The summed E-state index contributed by atoms with van der Waals surface area (Å²) in [6.45, 7) is 3.15. The van der Waals surface area contributed by atoms with E-state index in [1.54, 1.807) is 23.1 Å². The van der Waals surface area contributed by atoms with E-state index in [1.165, 1.54) is 18.7 Å². The Bertz CT molecular complexity index is 2190. The second kappa shape index (κ2) is 16.8. The van der Waals surface area contributed by atoms with Gasteiger partial charge in [-0.3, -0.25) is 19.2 Å². The third kappa shape index (κ3) is 8.25. The molecular weight excluding hydrogens is 751 g/mol. The van der Waals surface area contributed by atoms with E-state index in [0.717, 1.165) is 11.1 Å². The summed E-state index contributed by atoms with van der Waals surface area (Å²) in [5.74, 6) is -0.927. The summed E-state index contributed by atoms with van der Waals surface area (Å²) in [6.07, 6.45) is -0.604. The number of nitrogens with one attached hydrogen (secondary N) is 2. The van der Waals surface area contributed by atoms with E-state index >= 15 is 0 Å². The van der Waals surface area contributed by atoms with Gasteiger partial charge in [0, 0.05) is 48.4 Å². The third-order valence-corrected chi connectivity index (χ3v) is 10.1. The van der Waals surface area contributed by atoms with E-state index in [4.69, 9.17) is 32.7 Å². The van der Waals surface area contributed by atoms with Crippen molar-refractivity contribution in [2.24, 2.45) is 0 Å². The van der Waals surface area contributed by atoms with Crippen molar-refractivity contribution >= 4 is 58.6 Å². The molecule has 5 N–H and O–H groups in total. The Kier molecular flexibility index (Phi) is 12.0. The maximum atomic E-state index is 12.8. The lowest BCUT2D eigenvalue weighted by Crippen LogP contribution is -2.49. The van der Waals surface area contributed by atoms with E-state index in [-0.39, 0.29) is 62.7 Å². The molecule has 15 heteroatoms. The molecule has 2 atom stereocenters. The number of carbonyl (C=O) groups excluding carboxylic acids is 3. The predicted molar refractivity (Wildman–Crippen MR) is 209 cm³/mol. The van der Waals surface area contributed by atoms with Crippen molar-refractivity contribution in [2.75, 3.05) is 49.2 Å². The van der Waals surface area contributed by atoms with Crippen molar-refractivity contribution in [3.63, 3.8) is 0 Å². The number of aldehydes is 1. The highest BCUT2D eigenvalue weighted by Gasteiger charge is 2.29. The van der Waals surface area contributed by atoms with Crippen LogP contribution in [0.4, 0.5) is 11.4 Å². The highest BCUT2D eigenvalue weighted by atomic mass is 35.5. The standard InChI is InChI=1S/C40H38Cl2N4O9/c1-22(48)30(19-47)43-13-15-45-31-11-9-24(17-33(31)54-20-35(45)50)26-5-3-7-28(37(26)41)29-8-4-6-27(38(29)42)25-10-12-32-34(18-25)55-21-36(51)46(32)16-14-44-39(23(2)49)40(52)53/h3-12,17-19,23,39,43-44,48-49H,13-16,20-21H2,1-2H3,(H,52,53)/b30-22+. The molecular formula is C40H38Cl2N4O9. The van der Waals surface area contributed by atoms with Gasteiger partial charge in [-0.15, -0.1) is 0 Å². The summed E-state index contributed by atoms with van der Waals surface area (Å²) < 4.78 is 11.6. The van der Waals surface area contributed by atoms with Gasteiger partial charge in [0.2, 0.25) is 0 Å². The molecule has 0 saturated carbocycles. The molecule has 0 aromatic heterocycles.